The summed E-state index contributed by atoms with van der Waals surface area (Å²) in [6.07, 6.45) is 0.948. The summed E-state index contributed by atoms with van der Waals surface area (Å²) in [6.45, 7) is -0.764. The summed E-state index contributed by atoms with van der Waals surface area (Å²) in [5.74, 6) is -1.98. The van der Waals surface area contributed by atoms with Gasteiger partial charge in [0, 0.05) is 6.26 Å². The Labute approximate surface area is 99.6 Å². The van der Waals surface area contributed by atoms with Crippen LogP contribution in [0.15, 0.2) is 30.3 Å². The molecule has 0 aromatic heterocycles. The molecule has 1 rings (SSSR count). The number of hydrogen-bond acceptors (Lipinski definition) is 4. The molecule has 0 saturated heterocycles. The highest BCUT2D eigenvalue weighted by Gasteiger charge is 2.42. The van der Waals surface area contributed by atoms with Gasteiger partial charge in [-0.05, 0) is 5.56 Å². The van der Waals surface area contributed by atoms with Crippen LogP contribution < -0.4 is 0 Å². The van der Waals surface area contributed by atoms with Crippen molar-refractivity contribution in [3.63, 3.8) is 0 Å². The topological polar surface area (TPSA) is 91.7 Å². The van der Waals surface area contributed by atoms with Crippen LogP contribution >= 0.6 is 0 Å². The second-order valence-electron chi connectivity index (χ2n) is 3.98. The maximum atomic E-state index is 11.3. The second-order valence-corrected chi connectivity index (χ2v) is 6.12. The third-order valence-electron chi connectivity index (χ3n) is 2.51. The van der Waals surface area contributed by atoms with Crippen LogP contribution in [0, 0.1) is 0 Å². The Bertz CT molecular complexity index is 494. The fraction of sp³-hybridized carbons (Fsp3) is 0.364. The average Bonchev–Trinajstić information content (AvgIpc) is 2.25. The van der Waals surface area contributed by atoms with Crippen LogP contribution in [0.1, 0.15) is 5.56 Å². The van der Waals surface area contributed by atoms with Gasteiger partial charge in [0.1, 0.15) is 15.3 Å². The van der Waals surface area contributed by atoms with Crippen LogP contribution in [0.2, 0.25) is 0 Å². The first-order valence-electron chi connectivity index (χ1n) is 4.89. The molecule has 0 heterocycles. The minimum Gasteiger partial charge on any atom is -0.480 e. The van der Waals surface area contributed by atoms with Crippen LogP contribution in [0.5, 0.6) is 0 Å². The second kappa shape index (κ2) is 4.85. The highest BCUT2D eigenvalue weighted by Crippen LogP contribution is 2.26. The molecule has 1 atom stereocenters. The molecular weight excluding hydrogens is 244 g/mol. The number of carboxylic acid groups (broad SMARTS) is 1. The molecule has 0 aliphatic carbocycles. The van der Waals surface area contributed by atoms with Crippen molar-refractivity contribution in [2.24, 2.45) is 0 Å². The first-order chi connectivity index (χ1) is 7.82. The lowest BCUT2D eigenvalue weighted by atomic mass is 9.83. The summed E-state index contributed by atoms with van der Waals surface area (Å²) in [4.78, 5) is 11.3. The Morgan fingerprint density at radius 1 is 1.29 bits per heavy atom. The number of aliphatic hydroxyl groups is 1. The number of aliphatic hydroxyl groups excluding tert-OH is 1. The molecule has 0 unspecified atom stereocenters. The van der Waals surface area contributed by atoms with Gasteiger partial charge in [-0.3, -0.25) is 4.79 Å². The smallest absolute Gasteiger partial charge is 0.317 e. The van der Waals surface area contributed by atoms with Crippen molar-refractivity contribution in [1.29, 1.82) is 0 Å². The van der Waals surface area contributed by atoms with E-state index in [9.17, 15) is 23.4 Å². The molecule has 1 aromatic rings. The van der Waals surface area contributed by atoms with Crippen molar-refractivity contribution in [3.05, 3.63) is 35.9 Å². The van der Waals surface area contributed by atoms with Crippen molar-refractivity contribution in [3.8, 4) is 0 Å². The van der Waals surface area contributed by atoms with Gasteiger partial charge in [0.05, 0.1) is 12.4 Å². The zero-order valence-electron chi connectivity index (χ0n) is 9.33. The quantitative estimate of drug-likeness (QED) is 0.778. The van der Waals surface area contributed by atoms with Gasteiger partial charge >= 0.3 is 5.97 Å². The first kappa shape index (κ1) is 13.7. The molecule has 0 amide bonds. The highest BCUT2D eigenvalue weighted by molar-refractivity contribution is 7.90. The normalized spacial score (nSPS) is 15.2. The van der Waals surface area contributed by atoms with E-state index in [-0.39, 0.29) is 5.56 Å². The number of benzene rings is 1. The molecule has 0 aliphatic heterocycles. The van der Waals surface area contributed by atoms with E-state index in [4.69, 9.17) is 0 Å². The van der Waals surface area contributed by atoms with Crippen LogP contribution in [0.4, 0.5) is 0 Å². The Balaban J connectivity index is 3.34. The molecule has 1 aromatic carbocycles. The van der Waals surface area contributed by atoms with E-state index in [2.05, 4.69) is 0 Å². The Hall–Kier alpha value is -1.40. The van der Waals surface area contributed by atoms with E-state index < -0.39 is 33.6 Å². The molecule has 0 saturated carbocycles. The van der Waals surface area contributed by atoms with Crippen molar-refractivity contribution in [1.82, 2.24) is 0 Å². The largest absolute Gasteiger partial charge is 0.480 e. The molecule has 0 spiro atoms. The van der Waals surface area contributed by atoms with E-state index >= 15 is 0 Å². The number of aliphatic carboxylic acids is 1. The van der Waals surface area contributed by atoms with Crippen molar-refractivity contribution in [2.75, 3.05) is 18.6 Å². The first-order valence-corrected chi connectivity index (χ1v) is 6.95. The van der Waals surface area contributed by atoms with E-state index in [1.165, 1.54) is 12.1 Å². The fourth-order valence-electron chi connectivity index (χ4n) is 1.68. The Kier molecular flexibility index (Phi) is 3.90. The monoisotopic (exact) mass is 258 g/mol. The molecule has 94 valence electrons. The third kappa shape index (κ3) is 3.04. The van der Waals surface area contributed by atoms with Crippen molar-refractivity contribution in [2.45, 2.75) is 5.41 Å². The molecule has 0 bridgehead atoms. The van der Waals surface area contributed by atoms with Crippen LogP contribution in [-0.2, 0) is 20.0 Å². The molecule has 0 fully saturated rings. The van der Waals surface area contributed by atoms with Gasteiger partial charge in [-0.2, -0.15) is 0 Å². The predicted octanol–water partition coefficient (Wildman–Crippen LogP) is 0.0459. The fourth-order valence-corrected chi connectivity index (χ4v) is 2.95. The number of carboxylic acids is 1. The summed E-state index contributed by atoms with van der Waals surface area (Å²) in [7, 11) is -3.53. The summed E-state index contributed by atoms with van der Waals surface area (Å²) < 4.78 is 22.6. The number of rotatable bonds is 5. The van der Waals surface area contributed by atoms with E-state index in [0.29, 0.717) is 0 Å². The molecular formula is C11H14O5S. The highest BCUT2D eigenvalue weighted by atomic mass is 32.2. The van der Waals surface area contributed by atoms with Crippen molar-refractivity contribution >= 4 is 15.8 Å². The molecule has 2 N–H and O–H groups in total. The minimum atomic E-state index is -3.53. The van der Waals surface area contributed by atoms with Gasteiger partial charge < -0.3 is 10.2 Å². The third-order valence-corrected chi connectivity index (χ3v) is 3.53. The zero-order valence-corrected chi connectivity index (χ0v) is 10.1. The Morgan fingerprint density at radius 3 is 2.18 bits per heavy atom. The number of carbonyl (C=O) groups is 1. The van der Waals surface area contributed by atoms with Gasteiger partial charge in [-0.15, -0.1) is 0 Å². The lowest BCUT2D eigenvalue weighted by molar-refractivity contribution is -0.144. The summed E-state index contributed by atoms with van der Waals surface area (Å²) in [5.41, 5.74) is -1.52. The lowest BCUT2D eigenvalue weighted by Crippen LogP contribution is -2.45. The standard InChI is InChI=1S/C11H14O5S/c1-17(15,16)8-11(7-12,10(13)14)9-5-3-2-4-6-9/h2-6,12H,7-8H2,1H3,(H,13,14)/t11-/m1/s1. The molecule has 6 heteroatoms. The number of hydrogen-bond donors (Lipinski definition) is 2. The zero-order chi connectivity index (χ0) is 13.1. The minimum absolute atomic E-state index is 0.278. The van der Waals surface area contributed by atoms with Gasteiger partial charge in [-0.25, -0.2) is 8.42 Å². The predicted molar refractivity (Wildman–Crippen MR) is 62.6 cm³/mol. The van der Waals surface area contributed by atoms with E-state index in [1.54, 1.807) is 18.2 Å². The molecule has 0 aliphatic rings. The van der Waals surface area contributed by atoms with E-state index in [1.807, 2.05) is 0 Å². The van der Waals surface area contributed by atoms with Crippen LogP contribution in [0.3, 0.4) is 0 Å². The van der Waals surface area contributed by atoms with Crippen LogP contribution in [0.25, 0.3) is 0 Å². The SMILES string of the molecule is CS(=O)(=O)C[C@@](CO)(C(=O)O)c1ccccc1. The summed E-state index contributed by atoms with van der Waals surface area (Å²) in [5, 5.41) is 18.5. The lowest BCUT2D eigenvalue weighted by Gasteiger charge is -2.26. The maximum absolute atomic E-state index is 11.3. The number of sulfone groups is 1. The van der Waals surface area contributed by atoms with E-state index in [0.717, 1.165) is 6.26 Å². The average molecular weight is 258 g/mol. The van der Waals surface area contributed by atoms with Crippen LogP contribution in [-0.4, -0.2) is 43.2 Å². The van der Waals surface area contributed by atoms with Gasteiger partial charge in [-0.1, -0.05) is 30.3 Å². The van der Waals surface area contributed by atoms with Gasteiger partial charge in [0.25, 0.3) is 0 Å². The van der Waals surface area contributed by atoms with Gasteiger partial charge in [0.15, 0.2) is 0 Å². The summed E-state index contributed by atoms with van der Waals surface area (Å²) >= 11 is 0. The molecule has 17 heavy (non-hydrogen) atoms. The van der Waals surface area contributed by atoms with Gasteiger partial charge in [0.2, 0.25) is 0 Å². The maximum Gasteiger partial charge on any atom is 0.317 e. The van der Waals surface area contributed by atoms with Crippen molar-refractivity contribution < 1.29 is 23.4 Å². The Morgan fingerprint density at radius 2 is 1.82 bits per heavy atom. The molecule has 5 nitrogen and oxygen atoms in total. The summed E-state index contributed by atoms with van der Waals surface area (Å²) in [6, 6.07) is 7.88. The molecule has 0 radical (unpaired) electrons.